The van der Waals surface area contributed by atoms with E-state index in [9.17, 15) is 0 Å². The minimum Gasteiger partial charge on any atom is -0.255 e. The van der Waals surface area contributed by atoms with E-state index in [4.69, 9.17) is 10.5 Å². The van der Waals surface area contributed by atoms with Crippen LogP contribution in [0.3, 0.4) is 0 Å². The molecule has 0 spiro atoms. The van der Waals surface area contributed by atoms with Gasteiger partial charge in [-0.15, -0.1) is 6.58 Å². The van der Waals surface area contributed by atoms with Gasteiger partial charge < -0.3 is 0 Å². The quantitative estimate of drug-likeness (QED) is 0.396. The van der Waals surface area contributed by atoms with E-state index in [1.165, 1.54) is 5.56 Å². The van der Waals surface area contributed by atoms with Crippen LogP contribution < -0.4 is 0 Å². The molecule has 0 radical (unpaired) electrons. The molecule has 0 aliphatic carbocycles. The zero-order chi connectivity index (χ0) is 10.5. The predicted molar refractivity (Wildman–Crippen MR) is 56.9 cm³/mol. The molecular weight excluding hydrogens is 164 g/mol. The molecule has 1 rings (SSSR count). The number of allylic oxidation sites excluding steroid dienone is 1. The molecule has 13 heavy (non-hydrogen) atoms. The second kappa shape index (κ2) is 13.5. The normalized spacial score (nSPS) is 7.08. The average Bonchev–Trinajstić information content (AvgIpc) is 2.23. The summed E-state index contributed by atoms with van der Waals surface area (Å²) in [4.78, 5) is 0. The topological polar surface area (TPSA) is 40.5 Å². The number of hydrogen-bond donors (Lipinski definition) is 2. The van der Waals surface area contributed by atoms with Crippen molar-refractivity contribution in [3.8, 4) is 0 Å². The van der Waals surface area contributed by atoms with Crippen molar-refractivity contribution >= 4 is 0 Å². The summed E-state index contributed by atoms with van der Waals surface area (Å²) in [5.74, 6) is 0. The van der Waals surface area contributed by atoms with Crippen molar-refractivity contribution in [2.75, 3.05) is 0 Å². The first-order chi connectivity index (χ1) is 6.35. The molecule has 0 amide bonds. The lowest BCUT2D eigenvalue weighted by Crippen LogP contribution is -1.73. The van der Waals surface area contributed by atoms with Gasteiger partial charge in [0.25, 0.3) is 0 Å². The lowest BCUT2D eigenvalue weighted by Gasteiger charge is -1.89. The van der Waals surface area contributed by atoms with E-state index in [-0.39, 0.29) is 0 Å². The number of rotatable bonds is 1. The van der Waals surface area contributed by atoms with Crippen LogP contribution in [0.2, 0.25) is 0 Å². The molecule has 0 fully saturated rings. The van der Waals surface area contributed by atoms with Crippen molar-refractivity contribution in [1.29, 1.82) is 0 Å². The molecule has 0 aliphatic heterocycles. The van der Waals surface area contributed by atoms with Gasteiger partial charge in [-0.1, -0.05) is 43.3 Å². The summed E-state index contributed by atoms with van der Waals surface area (Å²) >= 11 is 0. The van der Waals surface area contributed by atoms with Crippen LogP contribution in [-0.4, -0.2) is 10.5 Å². The molecule has 2 heteroatoms. The van der Waals surface area contributed by atoms with E-state index in [1.54, 1.807) is 6.08 Å². The van der Waals surface area contributed by atoms with Crippen LogP contribution in [0.25, 0.3) is 0 Å². The molecule has 74 valence electrons. The summed E-state index contributed by atoms with van der Waals surface area (Å²) in [5, 5.41) is 12.0. The lowest BCUT2D eigenvalue weighted by molar-refractivity contribution is -0.176. The van der Waals surface area contributed by atoms with Gasteiger partial charge in [0.1, 0.15) is 0 Å². The molecule has 0 atom stereocenters. The Balaban J connectivity index is 0. The molecule has 0 unspecified atom stereocenters. The summed E-state index contributed by atoms with van der Waals surface area (Å²) in [7, 11) is 0. The molecular formula is C11H18O2. The molecule has 1 aromatic rings. The fourth-order valence-corrected chi connectivity index (χ4v) is 0.714. The molecule has 0 heterocycles. The van der Waals surface area contributed by atoms with E-state index in [0.717, 1.165) is 6.42 Å². The monoisotopic (exact) mass is 182 g/mol. The van der Waals surface area contributed by atoms with Gasteiger partial charge in [0.05, 0.1) is 0 Å². The summed E-state index contributed by atoms with van der Waals surface area (Å²) in [6, 6.07) is 10.5. The molecule has 0 saturated carbocycles. The van der Waals surface area contributed by atoms with E-state index >= 15 is 0 Å². The molecule has 2 nitrogen and oxygen atoms in total. The lowest BCUT2D eigenvalue weighted by atomic mass is 10.2. The Bertz CT molecular complexity index is 183. The van der Waals surface area contributed by atoms with E-state index in [0.29, 0.717) is 0 Å². The van der Waals surface area contributed by atoms with E-state index in [1.807, 2.05) is 13.0 Å². The van der Waals surface area contributed by atoms with Gasteiger partial charge in [-0.25, -0.2) is 0 Å². The van der Waals surface area contributed by atoms with Crippen LogP contribution in [0.1, 0.15) is 19.4 Å². The second-order valence-electron chi connectivity index (χ2n) is 2.25. The summed E-state index contributed by atoms with van der Waals surface area (Å²) in [6.07, 6.45) is 2.89. The van der Waals surface area contributed by atoms with E-state index < -0.39 is 0 Å². The van der Waals surface area contributed by atoms with E-state index in [2.05, 4.69) is 37.8 Å². The minimum atomic E-state index is 1.14. The van der Waals surface area contributed by atoms with Crippen LogP contribution >= 0.6 is 0 Å². The zero-order valence-corrected chi connectivity index (χ0v) is 8.27. The molecule has 0 aromatic heterocycles. The van der Waals surface area contributed by atoms with Gasteiger partial charge in [0.15, 0.2) is 0 Å². The standard InChI is InChI=1S/C8H10.C3H6.H2O2/c1-2-8-6-4-3-5-7-8;1-3-2;1-2/h3-7H,2H2,1H3;3H,1H2,2H3;1-2H. The van der Waals surface area contributed by atoms with Crippen molar-refractivity contribution in [2.24, 2.45) is 0 Å². The Labute approximate surface area is 80.1 Å². The largest absolute Gasteiger partial charge is 0.255 e. The Morgan fingerprint density at radius 3 is 1.85 bits per heavy atom. The van der Waals surface area contributed by atoms with Crippen molar-refractivity contribution in [3.63, 3.8) is 0 Å². The predicted octanol–water partition coefficient (Wildman–Crippen LogP) is 3.46. The fraction of sp³-hybridized carbons (Fsp3) is 0.273. The summed E-state index contributed by atoms with van der Waals surface area (Å²) in [6.45, 7) is 7.41. The maximum absolute atomic E-state index is 6.00. The highest BCUT2D eigenvalue weighted by Gasteiger charge is 1.79. The van der Waals surface area contributed by atoms with Gasteiger partial charge in [-0.2, -0.15) is 0 Å². The number of hydrogen-bond acceptors (Lipinski definition) is 2. The molecule has 1 aromatic carbocycles. The first kappa shape index (κ1) is 14.4. The fourth-order valence-electron chi connectivity index (χ4n) is 0.714. The highest BCUT2D eigenvalue weighted by Crippen LogP contribution is 1.96. The van der Waals surface area contributed by atoms with Crippen LogP contribution in [-0.2, 0) is 6.42 Å². The highest BCUT2D eigenvalue weighted by molar-refractivity contribution is 5.13. The van der Waals surface area contributed by atoms with Gasteiger partial charge in [-0.05, 0) is 18.9 Å². The Kier molecular flexibility index (Phi) is 14.9. The van der Waals surface area contributed by atoms with Gasteiger partial charge in [-0.3, -0.25) is 10.5 Å². The van der Waals surface area contributed by atoms with Crippen molar-refractivity contribution in [1.82, 2.24) is 0 Å². The third-order valence-corrected chi connectivity index (χ3v) is 1.25. The maximum atomic E-state index is 6.00. The minimum absolute atomic E-state index is 1.14. The van der Waals surface area contributed by atoms with Crippen LogP contribution in [0.15, 0.2) is 43.0 Å². The SMILES string of the molecule is C=CC.CCc1ccccc1.OO. The highest BCUT2D eigenvalue weighted by atomic mass is 17.0. The molecule has 2 N–H and O–H groups in total. The van der Waals surface area contributed by atoms with Gasteiger partial charge >= 0.3 is 0 Å². The van der Waals surface area contributed by atoms with Crippen LogP contribution in [0.4, 0.5) is 0 Å². The van der Waals surface area contributed by atoms with Gasteiger partial charge in [0, 0.05) is 0 Å². The molecule has 0 aliphatic rings. The first-order valence-electron chi connectivity index (χ1n) is 4.16. The smallest absolute Gasteiger partial charge is 0.0307 e. The van der Waals surface area contributed by atoms with Crippen molar-refractivity contribution in [3.05, 3.63) is 48.6 Å². The third-order valence-electron chi connectivity index (χ3n) is 1.25. The van der Waals surface area contributed by atoms with Crippen molar-refractivity contribution in [2.45, 2.75) is 20.3 Å². The molecule has 0 saturated heterocycles. The number of benzene rings is 1. The zero-order valence-electron chi connectivity index (χ0n) is 8.27. The number of aryl methyl sites for hydroxylation is 1. The maximum Gasteiger partial charge on any atom is -0.0307 e. The first-order valence-corrected chi connectivity index (χ1v) is 4.16. The Morgan fingerprint density at radius 2 is 1.62 bits per heavy atom. The third kappa shape index (κ3) is 10.9. The average molecular weight is 182 g/mol. The summed E-state index contributed by atoms with van der Waals surface area (Å²) in [5.41, 5.74) is 1.41. The van der Waals surface area contributed by atoms with Crippen LogP contribution in [0, 0.1) is 0 Å². The Morgan fingerprint density at radius 1 is 1.23 bits per heavy atom. The Hall–Kier alpha value is -1.12. The molecule has 0 bridgehead atoms. The van der Waals surface area contributed by atoms with Crippen molar-refractivity contribution < 1.29 is 10.5 Å². The van der Waals surface area contributed by atoms with Crippen LogP contribution in [0.5, 0.6) is 0 Å². The second-order valence-corrected chi connectivity index (χ2v) is 2.25. The summed E-state index contributed by atoms with van der Waals surface area (Å²) < 4.78 is 0. The van der Waals surface area contributed by atoms with Gasteiger partial charge in [0.2, 0.25) is 0 Å².